The van der Waals surface area contributed by atoms with Gasteiger partial charge < -0.3 is 19.8 Å². The van der Waals surface area contributed by atoms with Gasteiger partial charge in [0.25, 0.3) is 0 Å². The highest BCUT2D eigenvalue weighted by Crippen LogP contribution is 2.42. The number of hydrogen-bond acceptors (Lipinski definition) is 6. The monoisotopic (exact) mass is 398 g/mol. The minimum Gasteiger partial charge on any atom is -0.446 e. The molecule has 1 saturated heterocycles. The zero-order valence-electron chi connectivity index (χ0n) is 16.7. The van der Waals surface area contributed by atoms with E-state index in [0.717, 1.165) is 41.9 Å². The molecule has 5 rings (SSSR count). The Morgan fingerprint density at radius 3 is 3.03 bits per heavy atom. The number of nitrogens with one attached hydrogen (secondary N) is 2. The van der Waals surface area contributed by atoms with E-state index in [1.807, 2.05) is 12.3 Å². The van der Waals surface area contributed by atoms with Crippen LogP contribution in [0.3, 0.4) is 0 Å². The highest BCUT2D eigenvalue weighted by atomic mass is 16.6. The van der Waals surface area contributed by atoms with Crippen molar-refractivity contribution < 1.29 is 14.3 Å². The van der Waals surface area contributed by atoms with Gasteiger partial charge in [-0.25, -0.2) is 9.78 Å². The molecular weight excluding hydrogens is 372 g/mol. The molecule has 9 heteroatoms. The minimum atomic E-state index is -0.345. The predicted octanol–water partition coefficient (Wildman–Crippen LogP) is 2.64. The Morgan fingerprint density at radius 1 is 1.41 bits per heavy atom. The summed E-state index contributed by atoms with van der Waals surface area (Å²) in [5.74, 6) is 1.50. The van der Waals surface area contributed by atoms with Crippen LogP contribution in [0.2, 0.25) is 0 Å². The number of ether oxygens (including phenoxy) is 2. The van der Waals surface area contributed by atoms with E-state index in [0.29, 0.717) is 25.7 Å². The Labute approximate surface area is 168 Å². The summed E-state index contributed by atoms with van der Waals surface area (Å²) < 4.78 is 13.1. The summed E-state index contributed by atoms with van der Waals surface area (Å²) in [5.41, 5.74) is 2.54. The number of carbonyl (C=O) groups excluding carboxylic acids is 1. The van der Waals surface area contributed by atoms with E-state index in [4.69, 9.17) is 9.47 Å². The molecule has 3 aromatic heterocycles. The van der Waals surface area contributed by atoms with Crippen molar-refractivity contribution >= 4 is 22.9 Å². The summed E-state index contributed by atoms with van der Waals surface area (Å²) in [6.45, 7) is 6.21. The van der Waals surface area contributed by atoms with E-state index >= 15 is 0 Å². The summed E-state index contributed by atoms with van der Waals surface area (Å²) in [7, 11) is 0. The summed E-state index contributed by atoms with van der Waals surface area (Å²) >= 11 is 0. The third-order valence-corrected chi connectivity index (χ3v) is 6.31. The molecule has 0 aromatic carbocycles. The van der Waals surface area contributed by atoms with Crippen molar-refractivity contribution in [1.29, 1.82) is 0 Å². The lowest BCUT2D eigenvalue weighted by atomic mass is 9.89. The lowest BCUT2D eigenvalue weighted by Crippen LogP contribution is -2.49. The van der Waals surface area contributed by atoms with Gasteiger partial charge in [-0.3, -0.25) is 4.40 Å². The van der Waals surface area contributed by atoms with Gasteiger partial charge in [-0.15, -0.1) is 10.2 Å². The average molecular weight is 398 g/mol. The molecule has 0 bridgehead atoms. The summed E-state index contributed by atoms with van der Waals surface area (Å²) in [4.78, 5) is 19.8. The third-order valence-electron chi connectivity index (χ3n) is 6.31. The Balaban J connectivity index is 1.33. The van der Waals surface area contributed by atoms with Crippen LogP contribution in [-0.4, -0.2) is 56.5 Å². The molecule has 3 atom stereocenters. The van der Waals surface area contributed by atoms with Crippen molar-refractivity contribution in [1.82, 2.24) is 29.9 Å². The van der Waals surface area contributed by atoms with Gasteiger partial charge in [-0.05, 0) is 24.8 Å². The van der Waals surface area contributed by atoms with Crippen LogP contribution in [-0.2, 0) is 9.47 Å². The molecule has 2 aliphatic rings. The van der Waals surface area contributed by atoms with Gasteiger partial charge in [0, 0.05) is 24.1 Å². The molecule has 9 nitrogen and oxygen atoms in total. The first-order valence-corrected chi connectivity index (χ1v) is 10.3. The van der Waals surface area contributed by atoms with Crippen LogP contribution in [0.15, 0.2) is 18.5 Å². The van der Waals surface area contributed by atoms with Crippen molar-refractivity contribution in [3.8, 4) is 0 Å². The maximum Gasteiger partial charge on any atom is 0.407 e. The van der Waals surface area contributed by atoms with Gasteiger partial charge in [0.1, 0.15) is 11.9 Å². The molecule has 1 amide bonds. The van der Waals surface area contributed by atoms with E-state index in [2.05, 4.69) is 43.7 Å². The van der Waals surface area contributed by atoms with E-state index in [1.54, 1.807) is 6.20 Å². The fourth-order valence-corrected chi connectivity index (χ4v) is 4.61. The van der Waals surface area contributed by atoms with Crippen LogP contribution in [0.4, 0.5) is 4.79 Å². The smallest absolute Gasteiger partial charge is 0.407 e. The van der Waals surface area contributed by atoms with Crippen molar-refractivity contribution in [2.75, 3.05) is 19.8 Å². The summed E-state index contributed by atoms with van der Waals surface area (Å²) in [6, 6.07) is 1.99. The van der Waals surface area contributed by atoms with Gasteiger partial charge in [-0.1, -0.05) is 20.3 Å². The van der Waals surface area contributed by atoms with Crippen LogP contribution in [0, 0.1) is 11.3 Å². The van der Waals surface area contributed by atoms with Gasteiger partial charge in [-0.2, -0.15) is 0 Å². The Bertz CT molecular complexity index is 1040. The topological polar surface area (TPSA) is 106 Å². The SMILES string of the molecule is CC[C@@H]1C[C@H](OC(=O)NCC2(C)COC2)C[C@@H]1c1nnc2cnc3[nH]ccc3n12. The average Bonchev–Trinajstić information content (AvgIpc) is 3.40. The molecular formula is C20H26N6O3. The van der Waals surface area contributed by atoms with E-state index in [1.165, 1.54) is 0 Å². The van der Waals surface area contributed by atoms with Crippen molar-refractivity contribution in [3.05, 3.63) is 24.3 Å². The molecule has 0 unspecified atom stereocenters. The number of carbonyl (C=O) groups is 1. The van der Waals surface area contributed by atoms with Crippen molar-refractivity contribution in [3.63, 3.8) is 0 Å². The second-order valence-electron chi connectivity index (χ2n) is 8.65. The quantitative estimate of drug-likeness (QED) is 0.684. The van der Waals surface area contributed by atoms with Gasteiger partial charge in [0.15, 0.2) is 11.3 Å². The highest BCUT2D eigenvalue weighted by Gasteiger charge is 2.39. The number of aromatic amines is 1. The predicted molar refractivity (Wildman–Crippen MR) is 106 cm³/mol. The largest absolute Gasteiger partial charge is 0.446 e. The van der Waals surface area contributed by atoms with Crippen molar-refractivity contribution in [2.24, 2.45) is 11.3 Å². The van der Waals surface area contributed by atoms with Crippen LogP contribution in [0.1, 0.15) is 44.9 Å². The standard InChI is InChI=1S/C20H26N6O3/c1-3-12-6-13(29-19(27)23-9-20(2)10-28-11-20)7-14(12)18-25-24-16-8-22-17-15(26(16)18)4-5-21-17/h4-5,8,12-14,21H,3,6-7,9-11H2,1-2H3,(H,23,27)/t12-,13+,14+/m1/s1. The molecule has 1 aliphatic carbocycles. The maximum absolute atomic E-state index is 12.3. The van der Waals surface area contributed by atoms with Crippen LogP contribution < -0.4 is 5.32 Å². The molecule has 1 aliphatic heterocycles. The number of hydrogen-bond donors (Lipinski definition) is 2. The normalized spacial score (nSPS) is 25.9. The Morgan fingerprint density at radius 2 is 2.28 bits per heavy atom. The van der Waals surface area contributed by atoms with Crippen LogP contribution in [0.5, 0.6) is 0 Å². The lowest BCUT2D eigenvalue weighted by molar-refractivity contribution is -0.0985. The number of fused-ring (bicyclic) bond motifs is 3. The number of amides is 1. The van der Waals surface area contributed by atoms with Crippen LogP contribution >= 0.6 is 0 Å². The van der Waals surface area contributed by atoms with Crippen LogP contribution in [0.25, 0.3) is 16.8 Å². The van der Waals surface area contributed by atoms with Gasteiger partial charge in [0.2, 0.25) is 0 Å². The number of H-pyrrole nitrogens is 1. The van der Waals surface area contributed by atoms with Gasteiger partial charge >= 0.3 is 6.09 Å². The zero-order chi connectivity index (χ0) is 20.0. The second kappa shape index (κ2) is 6.98. The molecule has 0 radical (unpaired) electrons. The number of rotatable bonds is 5. The first-order valence-electron chi connectivity index (χ1n) is 10.3. The second-order valence-corrected chi connectivity index (χ2v) is 8.65. The molecule has 0 spiro atoms. The van der Waals surface area contributed by atoms with Gasteiger partial charge in [0.05, 0.1) is 24.9 Å². The molecule has 2 fully saturated rings. The number of nitrogens with zero attached hydrogens (tertiary/aromatic N) is 4. The first-order chi connectivity index (χ1) is 14.1. The fraction of sp³-hybridized carbons (Fsp3) is 0.600. The van der Waals surface area contributed by atoms with E-state index in [9.17, 15) is 4.79 Å². The first kappa shape index (κ1) is 18.4. The Hall–Kier alpha value is -2.68. The Kier molecular flexibility index (Phi) is 4.42. The molecule has 4 heterocycles. The molecule has 2 N–H and O–H groups in total. The molecule has 1 saturated carbocycles. The minimum absolute atomic E-state index is 0.0274. The van der Waals surface area contributed by atoms with E-state index in [-0.39, 0.29) is 23.5 Å². The molecule has 3 aromatic rings. The highest BCUT2D eigenvalue weighted by molar-refractivity contribution is 5.74. The zero-order valence-corrected chi connectivity index (χ0v) is 16.7. The molecule has 154 valence electrons. The lowest BCUT2D eigenvalue weighted by Gasteiger charge is -2.37. The van der Waals surface area contributed by atoms with E-state index < -0.39 is 0 Å². The third kappa shape index (κ3) is 3.23. The molecule has 29 heavy (non-hydrogen) atoms. The fourth-order valence-electron chi connectivity index (χ4n) is 4.61. The maximum atomic E-state index is 12.3. The number of alkyl carbamates (subject to hydrolysis) is 1. The summed E-state index contributed by atoms with van der Waals surface area (Å²) in [6.07, 6.45) is 5.73. The number of aromatic nitrogens is 5. The van der Waals surface area contributed by atoms with Crippen molar-refractivity contribution in [2.45, 2.75) is 45.1 Å². The summed E-state index contributed by atoms with van der Waals surface area (Å²) in [5, 5.41) is 11.7.